The third-order valence-corrected chi connectivity index (χ3v) is 5.80. The molecule has 1 atom stereocenters. The minimum Gasteiger partial charge on any atom is -0.462 e. The Kier molecular flexibility index (Phi) is 11.9. The molecule has 1 unspecified atom stereocenters. The first-order chi connectivity index (χ1) is 16.3. The SMILES string of the molecule is C=C/C(=C\C=C/C)C(c1ccccc1)C(C)(C)C(=O)Nc1nc(C(=C)C(=O)OCC)cs1.CO. The molecule has 0 aliphatic carbocycles. The largest absolute Gasteiger partial charge is 0.462 e. The van der Waals surface area contributed by atoms with E-state index in [1.54, 1.807) is 18.4 Å². The smallest absolute Gasteiger partial charge is 0.339 e. The van der Waals surface area contributed by atoms with Crippen molar-refractivity contribution in [2.45, 2.75) is 33.6 Å². The highest BCUT2D eigenvalue weighted by atomic mass is 32.1. The van der Waals surface area contributed by atoms with Gasteiger partial charge in [0.2, 0.25) is 5.91 Å². The molecule has 0 bridgehead atoms. The van der Waals surface area contributed by atoms with E-state index in [-0.39, 0.29) is 24.0 Å². The number of allylic oxidation sites excluding steroid dienone is 5. The molecule has 6 nitrogen and oxygen atoms in total. The summed E-state index contributed by atoms with van der Waals surface area (Å²) >= 11 is 1.24. The molecule has 34 heavy (non-hydrogen) atoms. The normalized spacial score (nSPS) is 12.4. The third kappa shape index (κ3) is 7.37. The van der Waals surface area contributed by atoms with Gasteiger partial charge >= 0.3 is 5.97 Å². The Morgan fingerprint density at radius 1 is 1.26 bits per heavy atom. The molecule has 7 heteroatoms. The van der Waals surface area contributed by atoms with Gasteiger partial charge in [-0.2, -0.15) is 0 Å². The highest BCUT2D eigenvalue weighted by molar-refractivity contribution is 7.14. The van der Waals surface area contributed by atoms with E-state index in [1.165, 1.54) is 11.3 Å². The number of aromatic nitrogens is 1. The van der Waals surface area contributed by atoms with Crippen LogP contribution in [0.5, 0.6) is 0 Å². The molecule has 1 aromatic heterocycles. The Bertz CT molecular complexity index is 1040. The molecule has 1 amide bonds. The van der Waals surface area contributed by atoms with Crippen LogP contribution in [-0.4, -0.2) is 35.7 Å². The Morgan fingerprint density at radius 3 is 2.47 bits per heavy atom. The number of nitrogens with zero attached hydrogens (tertiary/aromatic N) is 1. The minimum absolute atomic E-state index is 0.160. The maximum atomic E-state index is 13.4. The summed E-state index contributed by atoms with van der Waals surface area (Å²) in [7, 11) is 1.00. The van der Waals surface area contributed by atoms with Gasteiger partial charge in [0, 0.05) is 18.4 Å². The number of benzene rings is 1. The molecule has 0 fully saturated rings. The molecule has 0 aliphatic rings. The Labute approximate surface area is 206 Å². The monoisotopic (exact) mass is 482 g/mol. The van der Waals surface area contributed by atoms with Gasteiger partial charge in [-0.25, -0.2) is 9.78 Å². The Hall–Kier alpha value is -3.29. The van der Waals surface area contributed by atoms with Crippen molar-refractivity contribution in [3.63, 3.8) is 0 Å². The summed E-state index contributed by atoms with van der Waals surface area (Å²) in [4.78, 5) is 29.7. The Morgan fingerprint density at radius 2 is 1.91 bits per heavy atom. The minimum atomic E-state index is -0.826. The van der Waals surface area contributed by atoms with E-state index in [9.17, 15) is 9.59 Å². The third-order valence-electron chi connectivity index (χ3n) is 5.05. The summed E-state index contributed by atoms with van der Waals surface area (Å²) in [6.45, 7) is 15.5. The number of esters is 1. The number of thiazole rings is 1. The van der Waals surface area contributed by atoms with E-state index < -0.39 is 11.4 Å². The lowest BCUT2D eigenvalue weighted by Crippen LogP contribution is -2.37. The first-order valence-corrected chi connectivity index (χ1v) is 11.7. The fourth-order valence-corrected chi connectivity index (χ4v) is 4.06. The van der Waals surface area contributed by atoms with Gasteiger partial charge in [0.05, 0.1) is 23.3 Å². The van der Waals surface area contributed by atoms with Crippen LogP contribution in [0.2, 0.25) is 0 Å². The average Bonchev–Trinajstić information content (AvgIpc) is 3.31. The fourth-order valence-electron chi connectivity index (χ4n) is 3.34. The number of aliphatic hydroxyl groups is 1. The summed E-state index contributed by atoms with van der Waals surface area (Å²) in [5.41, 5.74) is 1.67. The van der Waals surface area contributed by atoms with Gasteiger partial charge in [0.25, 0.3) is 0 Å². The standard InChI is InChI=1S/C26H30N2O3S.CH4O/c1-7-10-14-19(8-2)22(20-15-12-11-13-16-20)26(5,6)24(30)28-25-27-21(17-32-25)18(4)23(29)31-9-3;1-2/h7-8,10-17,22H,2,4,9H2,1,3,5-6H3,(H,27,28,30);2H,1H3/b10-7-,19-14+;. The maximum Gasteiger partial charge on any atom is 0.339 e. The molecule has 0 radical (unpaired) electrons. The van der Waals surface area contributed by atoms with Crippen molar-refractivity contribution in [1.82, 2.24) is 4.98 Å². The number of amides is 1. The van der Waals surface area contributed by atoms with Gasteiger partial charge in [0.1, 0.15) is 0 Å². The second-order valence-electron chi connectivity index (χ2n) is 7.65. The van der Waals surface area contributed by atoms with Crippen LogP contribution in [0.3, 0.4) is 0 Å². The zero-order valence-corrected chi connectivity index (χ0v) is 21.3. The molecular weight excluding hydrogens is 448 g/mol. The molecule has 1 aromatic carbocycles. The number of ether oxygens (including phenoxy) is 1. The molecule has 0 saturated carbocycles. The number of nitrogens with one attached hydrogen (secondary N) is 1. The number of carbonyl (C=O) groups is 2. The van der Waals surface area contributed by atoms with Crippen molar-refractivity contribution in [1.29, 1.82) is 0 Å². The molecule has 182 valence electrons. The molecule has 2 aromatic rings. The summed E-state index contributed by atoms with van der Waals surface area (Å²) < 4.78 is 4.97. The summed E-state index contributed by atoms with van der Waals surface area (Å²) in [6, 6.07) is 9.89. The van der Waals surface area contributed by atoms with E-state index in [0.29, 0.717) is 10.8 Å². The van der Waals surface area contributed by atoms with E-state index in [4.69, 9.17) is 9.84 Å². The summed E-state index contributed by atoms with van der Waals surface area (Å²) in [5.74, 6) is -0.946. The van der Waals surface area contributed by atoms with E-state index in [1.807, 2.05) is 69.3 Å². The second-order valence-corrected chi connectivity index (χ2v) is 8.51. The molecule has 2 rings (SSSR count). The summed E-state index contributed by atoms with van der Waals surface area (Å²) in [5, 5.41) is 12.0. The average molecular weight is 483 g/mol. The Balaban J connectivity index is 0.00000281. The quantitative estimate of drug-likeness (QED) is 0.255. The fraction of sp³-hybridized carbons (Fsp3) is 0.296. The molecule has 0 spiro atoms. The van der Waals surface area contributed by atoms with Crippen molar-refractivity contribution < 1.29 is 19.4 Å². The molecule has 1 heterocycles. The predicted octanol–water partition coefficient (Wildman–Crippen LogP) is 5.76. The van der Waals surface area contributed by atoms with Crippen LogP contribution in [0.4, 0.5) is 5.13 Å². The zero-order chi connectivity index (χ0) is 25.7. The van der Waals surface area contributed by atoms with Gasteiger partial charge in [0.15, 0.2) is 5.13 Å². The molecular formula is C27H34N2O4S. The van der Waals surface area contributed by atoms with Crippen LogP contribution in [0.1, 0.15) is 44.9 Å². The lowest BCUT2D eigenvalue weighted by Gasteiger charge is -2.34. The predicted molar refractivity (Wildman–Crippen MR) is 141 cm³/mol. The van der Waals surface area contributed by atoms with Crippen LogP contribution >= 0.6 is 11.3 Å². The molecule has 0 aliphatic heterocycles. The summed E-state index contributed by atoms with van der Waals surface area (Å²) in [6.07, 6.45) is 7.64. The number of anilines is 1. The van der Waals surface area contributed by atoms with Crippen LogP contribution in [-0.2, 0) is 14.3 Å². The molecule has 2 N–H and O–H groups in total. The van der Waals surface area contributed by atoms with Crippen molar-refractivity contribution in [2.75, 3.05) is 19.0 Å². The van der Waals surface area contributed by atoms with Crippen molar-refractivity contribution in [2.24, 2.45) is 5.41 Å². The zero-order valence-electron chi connectivity index (χ0n) is 20.5. The van der Waals surface area contributed by atoms with E-state index in [2.05, 4.69) is 23.5 Å². The van der Waals surface area contributed by atoms with Gasteiger partial charge in [-0.3, -0.25) is 4.79 Å². The highest BCUT2D eigenvalue weighted by Crippen LogP contribution is 2.42. The number of rotatable bonds is 10. The van der Waals surface area contributed by atoms with Crippen LogP contribution in [0.15, 0.2) is 78.7 Å². The van der Waals surface area contributed by atoms with E-state index in [0.717, 1.165) is 18.2 Å². The van der Waals surface area contributed by atoms with Crippen LogP contribution in [0.25, 0.3) is 5.57 Å². The lowest BCUT2D eigenvalue weighted by molar-refractivity contribution is -0.136. The van der Waals surface area contributed by atoms with Crippen molar-refractivity contribution >= 4 is 33.9 Å². The number of aliphatic hydroxyl groups excluding tert-OH is 1. The number of hydrogen-bond donors (Lipinski definition) is 2. The van der Waals surface area contributed by atoms with Gasteiger partial charge in [-0.05, 0) is 25.0 Å². The van der Waals surface area contributed by atoms with Crippen LogP contribution in [0, 0.1) is 5.41 Å². The number of carbonyl (C=O) groups excluding carboxylic acids is 2. The molecule has 0 saturated heterocycles. The van der Waals surface area contributed by atoms with Crippen LogP contribution < -0.4 is 5.32 Å². The number of hydrogen-bond acceptors (Lipinski definition) is 6. The van der Waals surface area contributed by atoms with Crippen molar-refractivity contribution in [3.05, 3.63) is 90.0 Å². The first-order valence-electron chi connectivity index (χ1n) is 10.8. The van der Waals surface area contributed by atoms with Gasteiger partial charge in [-0.1, -0.05) is 81.6 Å². The highest BCUT2D eigenvalue weighted by Gasteiger charge is 2.39. The van der Waals surface area contributed by atoms with Gasteiger partial charge < -0.3 is 15.2 Å². The topological polar surface area (TPSA) is 88.5 Å². The van der Waals surface area contributed by atoms with Crippen molar-refractivity contribution in [3.8, 4) is 0 Å². The van der Waals surface area contributed by atoms with E-state index >= 15 is 0 Å². The maximum absolute atomic E-state index is 13.4. The lowest BCUT2D eigenvalue weighted by atomic mass is 9.70. The van der Waals surface area contributed by atoms with Gasteiger partial charge in [-0.15, -0.1) is 11.3 Å². The second kappa shape index (κ2) is 14.1. The first kappa shape index (κ1) is 28.7.